The van der Waals surface area contributed by atoms with E-state index in [2.05, 4.69) is 74.1 Å². The van der Waals surface area contributed by atoms with Crippen LogP contribution >= 0.6 is 0 Å². The average molecular weight is 1300 g/mol. The summed E-state index contributed by atoms with van der Waals surface area (Å²) in [6.07, 6.45) is 10.7. The molecule has 0 bridgehead atoms. The highest BCUT2D eigenvalue weighted by molar-refractivity contribution is 5.99. The molecule has 0 aliphatic heterocycles. The topological polar surface area (TPSA) is 508 Å². The lowest BCUT2D eigenvalue weighted by molar-refractivity contribution is -0.142. The fourth-order valence-corrected chi connectivity index (χ4v) is 11.0. The number of hydrogen-bond acceptors (Lipinski definition) is 12. The molecule has 508 valence electrons. The molecule has 0 saturated heterocycles. The molecule has 0 spiro atoms. The number of H-pyrrole nitrogens is 3. The van der Waals surface area contributed by atoms with Crippen LogP contribution < -0.4 is 77.4 Å². The zero-order chi connectivity index (χ0) is 67.9. The van der Waals surface area contributed by atoms with Crippen molar-refractivity contribution in [2.45, 2.75) is 165 Å². The van der Waals surface area contributed by atoms with Crippen LogP contribution in [0.2, 0.25) is 0 Å². The van der Waals surface area contributed by atoms with Crippen LogP contribution in [0.5, 0.6) is 0 Å². The molecule has 0 saturated carbocycles. The maximum Gasteiger partial charge on any atom is 0.326 e. The van der Waals surface area contributed by atoms with Gasteiger partial charge in [0.25, 0.3) is 0 Å². The van der Waals surface area contributed by atoms with Crippen molar-refractivity contribution in [2.75, 3.05) is 26.2 Å². The summed E-state index contributed by atoms with van der Waals surface area (Å²) in [6, 6.07) is 12.4. The molecule has 7 atom stereocenters. The van der Waals surface area contributed by atoms with Crippen LogP contribution in [-0.2, 0) is 57.6 Å². The molecule has 25 N–H and O–H groups in total. The minimum Gasteiger partial charge on any atom is -0.480 e. The summed E-state index contributed by atoms with van der Waals surface area (Å²) in [4.78, 5) is 137. The molecule has 6 rings (SSSR count). The number of benzene rings is 3. The summed E-state index contributed by atoms with van der Waals surface area (Å²) in [5.74, 6) is -7.05. The van der Waals surface area contributed by atoms with Crippen molar-refractivity contribution >= 4 is 97.9 Å². The molecule has 3 aromatic carbocycles. The first-order valence-corrected chi connectivity index (χ1v) is 32.1. The van der Waals surface area contributed by atoms with Gasteiger partial charge in [-0.25, -0.2) is 4.79 Å². The van der Waals surface area contributed by atoms with Crippen LogP contribution in [0.1, 0.15) is 120 Å². The van der Waals surface area contributed by atoms with Gasteiger partial charge < -0.3 is 97.4 Å². The van der Waals surface area contributed by atoms with E-state index in [-0.39, 0.29) is 114 Å². The van der Waals surface area contributed by atoms with Gasteiger partial charge in [-0.05, 0) is 106 Å². The number of carboxylic acids is 1. The number of aliphatic carboxylic acids is 1. The van der Waals surface area contributed by atoms with Crippen molar-refractivity contribution in [3.8, 4) is 0 Å². The second kappa shape index (κ2) is 38.0. The Bertz CT molecular complexity index is 3560. The number of aliphatic imine (C=N–C) groups is 3. The predicted molar refractivity (Wildman–Crippen MR) is 363 cm³/mol. The summed E-state index contributed by atoms with van der Waals surface area (Å²) in [5, 5.41) is 32.1. The van der Waals surface area contributed by atoms with Gasteiger partial charge in [0.15, 0.2) is 17.9 Å². The van der Waals surface area contributed by atoms with Gasteiger partial charge in [-0.1, -0.05) is 87.2 Å². The van der Waals surface area contributed by atoms with E-state index in [1.165, 1.54) is 0 Å². The number of amides is 7. The SMILES string of the molecule is CCCCCCCC(=O)N[C@@H](CCCN=C(N)N)C(=O)N[C@@H](Cc1c[nH]c2ccccc12)C(=O)N[C@@H](CCCN=C(N)N)C(=O)N[C@@H](Cc1c[nH]c2ccccc12)C(=O)N[C@@H](CCCN=C(N)N)C(=O)N[C@@H](Cc1c[nH]c2ccccc12)C(=O)N[C@@H](CCCCN)C(=O)O. The first-order valence-electron chi connectivity index (χ1n) is 32.1. The highest BCUT2D eigenvalue weighted by Crippen LogP contribution is 2.23. The molecule has 3 aromatic heterocycles. The Hall–Kier alpha value is -10.2. The van der Waals surface area contributed by atoms with Gasteiger partial charge in [-0.15, -0.1) is 0 Å². The van der Waals surface area contributed by atoms with E-state index in [0.29, 0.717) is 47.9 Å². The molecule has 0 unspecified atom stereocenters. The largest absolute Gasteiger partial charge is 0.480 e. The van der Waals surface area contributed by atoms with Crippen LogP contribution in [0.3, 0.4) is 0 Å². The lowest BCUT2D eigenvalue weighted by Crippen LogP contribution is -2.60. The number of aromatic nitrogens is 3. The molecule has 29 heteroatoms. The molecular formula is C65H94N20O9. The minimum absolute atomic E-state index is 0.0245. The van der Waals surface area contributed by atoms with E-state index in [9.17, 15) is 29.1 Å². The molecular weight excluding hydrogens is 1200 g/mol. The predicted octanol–water partition coefficient (Wildman–Crippen LogP) is 1.29. The standard InChI is InChI=1S/C65H94N20O9/c1-2-3-4-5-6-28-55(86)79-48(25-15-30-73-63(67)68)56(87)83-52(33-39-36-76-45-21-10-7-18-42(39)45)59(90)80-49(26-16-31-74-64(69)70)57(88)84-53(34-40-37-77-46-22-11-8-19-43(40)46)60(91)81-50(27-17-32-75-65(71)72)58(89)85-54(35-41-38-78-47-23-12-9-20-44(41)47)61(92)82-51(62(93)94)24-13-14-29-66/h7-12,18-23,36-38,48-54,76-78H,2-6,13-17,24-35,66H2,1H3,(H,79,86)(H,80,90)(H,81,91)(H,82,92)(H,83,87)(H,84,88)(H,85,89)(H,93,94)(H4,67,68,73)(H4,69,70,74)(H4,71,72,75)/t48-,49-,50-,51-,52-,53-,54-/m0/s1. The van der Waals surface area contributed by atoms with Gasteiger partial charge in [0, 0.05) is 96.6 Å². The van der Waals surface area contributed by atoms with Crippen LogP contribution in [-0.4, -0.2) is 154 Å². The van der Waals surface area contributed by atoms with E-state index in [1.54, 1.807) is 24.7 Å². The molecule has 0 fully saturated rings. The molecule has 0 radical (unpaired) electrons. The highest BCUT2D eigenvalue weighted by atomic mass is 16.4. The number of rotatable bonds is 42. The Morgan fingerprint density at radius 3 is 1.07 bits per heavy atom. The van der Waals surface area contributed by atoms with E-state index < -0.39 is 83.7 Å². The van der Waals surface area contributed by atoms with Crippen molar-refractivity contribution in [2.24, 2.45) is 55.1 Å². The Morgan fingerprint density at radius 2 is 0.723 bits per heavy atom. The van der Waals surface area contributed by atoms with Gasteiger partial charge in [-0.3, -0.25) is 48.5 Å². The summed E-state index contributed by atoms with van der Waals surface area (Å²) in [7, 11) is 0. The van der Waals surface area contributed by atoms with Gasteiger partial charge in [0.2, 0.25) is 41.4 Å². The number of carbonyl (C=O) groups excluding carboxylic acids is 7. The Kier molecular flexibility index (Phi) is 29.4. The number of guanidine groups is 3. The first kappa shape index (κ1) is 72.9. The summed E-state index contributed by atoms with van der Waals surface area (Å²) < 4.78 is 0. The highest BCUT2D eigenvalue weighted by Gasteiger charge is 2.35. The molecule has 3 heterocycles. The van der Waals surface area contributed by atoms with Gasteiger partial charge in [0.1, 0.15) is 42.3 Å². The number of carboxylic acid groups (broad SMARTS) is 1. The molecule has 6 aromatic rings. The quantitative estimate of drug-likeness (QED) is 0.0146. The van der Waals surface area contributed by atoms with Gasteiger partial charge in [0.05, 0.1) is 0 Å². The first-order chi connectivity index (χ1) is 45.2. The minimum atomic E-state index is -1.48. The van der Waals surface area contributed by atoms with Crippen LogP contribution in [0.25, 0.3) is 32.7 Å². The van der Waals surface area contributed by atoms with Gasteiger partial charge in [-0.2, -0.15) is 0 Å². The summed E-state index contributed by atoms with van der Waals surface area (Å²) in [5.41, 5.74) is 43.7. The second-order valence-corrected chi connectivity index (χ2v) is 23.3. The summed E-state index contributed by atoms with van der Waals surface area (Å²) >= 11 is 0. The number of unbranched alkanes of at least 4 members (excludes halogenated alkanes) is 5. The van der Waals surface area contributed by atoms with Crippen molar-refractivity contribution in [1.29, 1.82) is 0 Å². The van der Waals surface area contributed by atoms with Crippen LogP contribution in [0.4, 0.5) is 0 Å². The van der Waals surface area contributed by atoms with E-state index in [0.717, 1.165) is 53.0 Å². The van der Waals surface area contributed by atoms with Crippen molar-refractivity contribution in [1.82, 2.24) is 52.2 Å². The molecule has 0 aliphatic carbocycles. The maximum atomic E-state index is 15.3. The Morgan fingerprint density at radius 1 is 0.404 bits per heavy atom. The number of para-hydroxylation sites is 3. The van der Waals surface area contributed by atoms with E-state index in [1.807, 2.05) is 66.7 Å². The third kappa shape index (κ3) is 23.5. The summed E-state index contributed by atoms with van der Waals surface area (Å²) in [6.45, 7) is 2.60. The van der Waals surface area contributed by atoms with Crippen molar-refractivity contribution in [3.05, 3.63) is 108 Å². The van der Waals surface area contributed by atoms with Crippen LogP contribution in [0.15, 0.2) is 106 Å². The number of nitrogens with one attached hydrogen (secondary N) is 10. The number of fused-ring (bicyclic) bond motifs is 3. The molecule has 0 aliphatic rings. The third-order valence-corrected chi connectivity index (χ3v) is 16.0. The fraction of sp³-hybridized carbons (Fsp3) is 0.462. The van der Waals surface area contributed by atoms with E-state index >= 15 is 14.4 Å². The normalized spacial score (nSPS) is 13.4. The van der Waals surface area contributed by atoms with Gasteiger partial charge >= 0.3 is 5.97 Å². The zero-order valence-electron chi connectivity index (χ0n) is 53.4. The number of carbonyl (C=O) groups is 8. The number of hydrogen-bond donors (Lipinski definition) is 18. The lowest BCUT2D eigenvalue weighted by Gasteiger charge is -2.28. The Labute approximate surface area is 545 Å². The second-order valence-electron chi connectivity index (χ2n) is 23.3. The molecule has 94 heavy (non-hydrogen) atoms. The number of nitrogens with zero attached hydrogens (tertiary/aromatic N) is 3. The fourth-order valence-electron chi connectivity index (χ4n) is 11.0. The average Bonchev–Trinajstić information content (AvgIpc) is 1.69. The maximum absolute atomic E-state index is 15.3. The smallest absolute Gasteiger partial charge is 0.326 e. The number of nitrogens with two attached hydrogens (primary N) is 7. The van der Waals surface area contributed by atoms with Crippen LogP contribution in [0, 0.1) is 0 Å². The molecule has 29 nitrogen and oxygen atoms in total. The van der Waals surface area contributed by atoms with Crippen molar-refractivity contribution in [3.63, 3.8) is 0 Å². The monoisotopic (exact) mass is 1300 g/mol. The Balaban J connectivity index is 1.34. The number of aromatic amines is 3. The van der Waals surface area contributed by atoms with E-state index in [4.69, 9.17) is 40.1 Å². The molecule has 7 amide bonds. The lowest BCUT2D eigenvalue weighted by atomic mass is 10.0. The van der Waals surface area contributed by atoms with Crippen molar-refractivity contribution < 1.29 is 43.5 Å². The third-order valence-electron chi connectivity index (χ3n) is 16.0. The zero-order valence-corrected chi connectivity index (χ0v) is 53.4.